The van der Waals surface area contributed by atoms with Crippen molar-refractivity contribution in [3.8, 4) is 5.75 Å². The number of benzene rings is 3. The Morgan fingerprint density at radius 1 is 0.821 bits per heavy atom. The quantitative estimate of drug-likeness (QED) is 0.604. The molecular weight excluding hydrogens is 350 g/mol. The van der Waals surface area contributed by atoms with Gasteiger partial charge in [-0.05, 0) is 45.0 Å². The molecule has 0 bridgehead atoms. The van der Waals surface area contributed by atoms with E-state index >= 15 is 0 Å². The third-order valence-electron chi connectivity index (χ3n) is 4.45. The number of aryl methyl sites for hydroxylation is 2. The number of rotatable bonds is 6. The summed E-state index contributed by atoms with van der Waals surface area (Å²) in [6, 6.07) is 21.8. The predicted molar refractivity (Wildman–Crippen MR) is 111 cm³/mol. The third-order valence-corrected chi connectivity index (χ3v) is 4.45. The van der Waals surface area contributed by atoms with Crippen LogP contribution in [0.4, 0.5) is 5.69 Å². The summed E-state index contributed by atoms with van der Waals surface area (Å²) in [6.07, 6.45) is -0.712. The van der Waals surface area contributed by atoms with E-state index < -0.39 is 6.10 Å². The Hall–Kier alpha value is -3.40. The third kappa shape index (κ3) is 4.65. The van der Waals surface area contributed by atoms with Crippen molar-refractivity contribution in [2.75, 3.05) is 5.32 Å². The van der Waals surface area contributed by atoms with Gasteiger partial charge in [0.05, 0.1) is 5.56 Å². The SMILES string of the molecule is Cc1ccc(NC(=O)c2ccccc2O[C@@H](C)C(=O)c2ccc(C)cc2)cc1. The Bertz CT molecular complexity index is 975. The molecule has 1 N–H and O–H groups in total. The first kappa shape index (κ1) is 19.4. The van der Waals surface area contributed by atoms with Crippen LogP contribution in [0.5, 0.6) is 5.75 Å². The van der Waals surface area contributed by atoms with Gasteiger partial charge in [-0.3, -0.25) is 9.59 Å². The number of anilines is 1. The maximum Gasteiger partial charge on any atom is 0.259 e. The first-order valence-corrected chi connectivity index (χ1v) is 9.18. The summed E-state index contributed by atoms with van der Waals surface area (Å²) >= 11 is 0. The Kier molecular flexibility index (Phi) is 5.90. The van der Waals surface area contributed by atoms with E-state index in [-0.39, 0.29) is 11.7 Å². The summed E-state index contributed by atoms with van der Waals surface area (Å²) in [5, 5.41) is 2.86. The molecule has 142 valence electrons. The van der Waals surface area contributed by atoms with Gasteiger partial charge in [-0.15, -0.1) is 0 Å². The van der Waals surface area contributed by atoms with E-state index in [4.69, 9.17) is 4.74 Å². The summed E-state index contributed by atoms with van der Waals surface area (Å²) in [6.45, 7) is 5.65. The molecule has 28 heavy (non-hydrogen) atoms. The second-order valence-electron chi connectivity index (χ2n) is 6.81. The van der Waals surface area contributed by atoms with E-state index in [1.807, 2.05) is 50.2 Å². The molecule has 0 radical (unpaired) electrons. The zero-order valence-electron chi connectivity index (χ0n) is 16.2. The smallest absolute Gasteiger partial charge is 0.259 e. The molecular formula is C24H23NO3. The van der Waals surface area contributed by atoms with Crippen molar-refractivity contribution in [3.05, 3.63) is 95.1 Å². The number of amides is 1. The molecule has 1 amide bonds. The highest BCUT2D eigenvalue weighted by Gasteiger charge is 2.20. The molecule has 0 fully saturated rings. The fourth-order valence-corrected chi connectivity index (χ4v) is 2.79. The van der Waals surface area contributed by atoms with Gasteiger partial charge in [0.25, 0.3) is 5.91 Å². The lowest BCUT2D eigenvalue weighted by Gasteiger charge is -2.17. The molecule has 4 nitrogen and oxygen atoms in total. The van der Waals surface area contributed by atoms with Crippen LogP contribution in [0, 0.1) is 13.8 Å². The topological polar surface area (TPSA) is 55.4 Å². The molecule has 0 saturated heterocycles. The number of hydrogen-bond acceptors (Lipinski definition) is 3. The number of ether oxygens (including phenoxy) is 1. The molecule has 0 unspecified atom stereocenters. The molecule has 0 saturated carbocycles. The second-order valence-corrected chi connectivity index (χ2v) is 6.81. The van der Waals surface area contributed by atoms with Crippen molar-refractivity contribution in [2.24, 2.45) is 0 Å². The number of hydrogen-bond donors (Lipinski definition) is 1. The minimum atomic E-state index is -0.712. The Balaban J connectivity index is 1.75. The fourth-order valence-electron chi connectivity index (χ4n) is 2.79. The molecule has 4 heteroatoms. The summed E-state index contributed by atoms with van der Waals surface area (Å²) in [5.41, 5.74) is 3.87. The van der Waals surface area contributed by atoms with Gasteiger partial charge in [0.2, 0.25) is 5.78 Å². The minimum Gasteiger partial charge on any atom is -0.482 e. The van der Waals surface area contributed by atoms with Crippen LogP contribution >= 0.6 is 0 Å². The van der Waals surface area contributed by atoms with Crippen molar-refractivity contribution in [2.45, 2.75) is 26.9 Å². The minimum absolute atomic E-state index is 0.131. The summed E-state index contributed by atoms with van der Waals surface area (Å²) < 4.78 is 5.86. The number of carbonyl (C=O) groups is 2. The highest BCUT2D eigenvalue weighted by Crippen LogP contribution is 2.22. The van der Waals surface area contributed by atoms with E-state index in [0.29, 0.717) is 22.6 Å². The van der Waals surface area contributed by atoms with Gasteiger partial charge in [0, 0.05) is 11.3 Å². The highest BCUT2D eigenvalue weighted by molar-refractivity contribution is 6.06. The van der Waals surface area contributed by atoms with Crippen LogP contribution in [0.1, 0.15) is 38.8 Å². The maximum atomic E-state index is 12.7. The van der Waals surface area contributed by atoms with Crippen molar-refractivity contribution in [3.63, 3.8) is 0 Å². The molecule has 0 aliphatic heterocycles. The molecule has 0 aromatic heterocycles. The van der Waals surface area contributed by atoms with Crippen molar-refractivity contribution in [1.29, 1.82) is 0 Å². The Labute approximate surface area is 165 Å². The number of nitrogens with one attached hydrogen (secondary N) is 1. The fraction of sp³-hybridized carbons (Fsp3) is 0.167. The lowest BCUT2D eigenvalue weighted by atomic mass is 10.1. The van der Waals surface area contributed by atoms with Crippen LogP contribution in [0.3, 0.4) is 0 Å². The van der Waals surface area contributed by atoms with Crippen LogP contribution in [-0.4, -0.2) is 17.8 Å². The average molecular weight is 373 g/mol. The lowest BCUT2D eigenvalue weighted by molar-refractivity contribution is 0.0812. The maximum absolute atomic E-state index is 12.7. The molecule has 3 aromatic carbocycles. The van der Waals surface area contributed by atoms with Gasteiger partial charge in [-0.2, -0.15) is 0 Å². The van der Waals surface area contributed by atoms with Crippen LogP contribution in [0.25, 0.3) is 0 Å². The molecule has 0 aliphatic carbocycles. The predicted octanol–water partition coefficient (Wildman–Crippen LogP) is 5.21. The second kappa shape index (κ2) is 8.53. The molecule has 1 atom stereocenters. The van der Waals surface area contributed by atoms with Crippen LogP contribution in [0.15, 0.2) is 72.8 Å². The Morgan fingerprint density at radius 3 is 2.04 bits per heavy atom. The summed E-state index contributed by atoms with van der Waals surface area (Å²) in [5.74, 6) is -0.0387. The molecule has 0 aliphatic rings. The van der Waals surface area contributed by atoms with Crippen LogP contribution < -0.4 is 10.1 Å². The van der Waals surface area contributed by atoms with Gasteiger partial charge < -0.3 is 10.1 Å². The standard InChI is InChI=1S/C24H23NO3/c1-16-8-12-19(13-9-16)23(26)18(3)28-22-7-5-4-6-21(22)24(27)25-20-14-10-17(2)11-15-20/h4-15,18H,1-3H3,(H,25,27)/t18-/m0/s1. The van der Waals surface area contributed by atoms with Crippen LogP contribution in [-0.2, 0) is 0 Å². The molecule has 0 heterocycles. The van der Waals surface area contributed by atoms with E-state index in [1.165, 1.54) is 0 Å². The van der Waals surface area contributed by atoms with Crippen molar-refractivity contribution in [1.82, 2.24) is 0 Å². The van der Waals surface area contributed by atoms with E-state index in [0.717, 1.165) is 11.1 Å². The van der Waals surface area contributed by atoms with Gasteiger partial charge in [0.1, 0.15) is 5.75 Å². The number of carbonyl (C=O) groups excluding carboxylic acids is 2. The van der Waals surface area contributed by atoms with Gasteiger partial charge in [0.15, 0.2) is 6.10 Å². The largest absolute Gasteiger partial charge is 0.482 e. The normalized spacial score (nSPS) is 11.5. The molecule has 0 spiro atoms. The monoisotopic (exact) mass is 373 g/mol. The summed E-state index contributed by atoms with van der Waals surface area (Å²) in [7, 11) is 0. The highest BCUT2D eigenvalue weighted by atomic mass is 16.5. The van der Waals surface area contributed by atoms with E-state index in [1.54, 1.807) is 43.3 Å². The average Bonchev–Trinajstić information content (AvgIpc) is 2.70. The van der Waals surface area contributed by atoms with Gasteiger partial charge in [-0.25, -0.2) is 0 Å². The summed E-state index contributed by atoms with van der Waals surface area (Å²) in [4.78, 5) is 25.3. The number of ketones is 1. The lowest BCUT2D eigenvalue weighted by Crippen LogP contribution is -2.25. The van der Waals surface area contributed by atoms with Crippen molar-refractivity contribution >= 4 is 17.4 Å². The first-order chi connectivity index (χ1) is 13.4. The van der Waals surface area contributed by atoms with Crippen molar-refractivity contribution < 1.29 is 14.3 Å². The van der Waals surface area contributed by atoms with Gasteiger partial charge >= 0.3 is 0 Å². The van der Waals surface area contributed by atoms with Crippen LogP contribution in [0.2, 0.25) is 0 Å². The van der Waals surface area contributed by atoms with E-state index in [2.05, 4.69) is 5.32 Å². The number of para-hydroxylation sites is 1. The molecule has 3 rings (SSSR count). The van der Waals surface area contributed by atoms with Gasteiger partial charge in [-0.1, -0.05) is 59.7 Å². The van der Waals surface area contributed by atoms with E-state index in [9.17, 15) is 9.59 Å². The zero-order valence-corrected chi connectivity index (χ0v) is 16.2. The Morgan fingerprint density at radius 2 is 1.39 bits per heavy atom. The molecule has 3 aromatic rings. The zero-order chi connectivity index (χ0) is 20.1. The number of Topliss-reactive ketones (excluding diaryl/α,β-unsaturated/α-hetero) is 1. The first-order valence-electron chi connectivity index (χ1n) is 9.18.